The van der Waals surface area contributed by atoms with Crippen LogP contribution in [0.25, 0.3) is 0 Å². The average molecular weight is 408 g/mol. The van der Waals surface area contributed by atoms with Gasteiger partial charge in [0, 0.05) is 17.9 Å². The fraction of sp³-hybridized carbons (Fsp3) is 0.333. The minimum Gasteiger partial charge on any atom is -0.326 e. The van der Waals surface area contributed by atoms with Crippen LogP contribution >= 0.6 is 11.3 Å². The zero-order chi connectivity index (χ0) is 19.4. The van der Waals surface area contributed by atoms with E-state index < -0.39 is 16.1 Å². The first kappa shape index (κ1) is 19.4. The number of thiophene rings is 1. The van der Waals surface area contributed by atoms with Crippen molar-refractivity contribution in [2.45, 2.75) is 25.8 Å². The molecule has 1 aliphatic rings. The highest BCUT2D eigenvalue weighted by atomic mass is 32.2. The van der Waals surface area contributed by atoms with Crippen LogP contribution in [-0.2, 0) is 14.8 Å². The van der Waals surface area contributed by atoms with Gasteiger partial charge in [0.1, 0.15) is 6.04 Å². The summed E-state index contributed by atoms with van der Waals surface area (Å²) < 4.78 is 25.6. The number of sulfonamides is 1. The van der Waals surface area contributed by atoms with Crippen molar-refractivity contribution in [2.75, 3.05) is 22.3 Å². The van der Waals surface area contributed by atoms with Gasteiger partial charge in [0.05, 0.1) is 10.6 Å². The van der Waals surface area contributed by atoms with Crippen molar-refractivity contribution < 1.29 is 18.0 Å². The van der Waals surface area contributed by atoms with E-state index in [2.05, 4.69) is 10.0 Å². The highest BCUT2D eigenvalue weighted by molar-refractivity contribution is 7.92. The van der Waals surface area contributed by atoms with E-state index in [1.54, 1.807) is 42.2 Å². The molecule has 27 heavy (non-hydrogen) atoms. The summed E-state index contributed by atoms with van der Waals surface area (Å²) >= 11 is 1.36. The Morgan fingerprint density at radius 1 is 1.19 bits per heavy atom. The van der Waals surface area contributed by atoms with Gasteiger partial charge < -0.3 is 10.2 Å². The van der Waals surface area contributed by atoms with E-state index in [9.17, 15) is 18.0 Å². The van der Waals surface area contributed by atoms with Crippen molar-refractivity contribution in [1.29, 1.82) is 0 Å². The Balaban J connectivity index is 1.65. The Labute approximate surface area is 162 Å². The second kappa shape index (κ2) is 8.10. The van der Waals surface area contributed by atoms with Gasteiger partial charge in [-0.25, -0.2) is 8.42 Å². The van der Waals surface area contributed by atoms with Crippen molar-refractivity contribution in [2.24, 2.45) is 0 Å². The second-order valence-electron chi connectivity index (χ2n) is 6.21. The van der Waals surface area contributed by atoms with Gasteiger partial charge in [0.15, 0.2) is 0 Å². The number of anilines is 2. The lowest BCUT2D eigenvalue weighted by Gasteiger charge is -2.23. The van der Waals surface area contributed by atoms with Crippen LogP contribution in [0.15, 0.2) is 41.8 Å². The number of carbonyl (C=O) groups is 2. The molecule has 2 N–H and O–H groups in total. The highest BCUT2D eigenvalue weighted by Gasteiger charge is 2.34. The molecule has 0 aliphatic carbocycles. The number of nitrogens with one attached hydrogen (secondary N) is 2. The van der Waals surface area contributed by atoms with Gasteiger partial charge in [-0.05, 0) is 55.5 Å². The van der Waals surface area contributed by atoms with Gasteiger partial charge in [0.25, 0.3) is 5.91 Å². The van der Waals surface area contributed by atoms with Gasteiger partial charge in [-0.1, -0.05) is 6.07 Å². The molecule has 1 aliphatic heterocycles. The van der Waals surface area contributed by atoms with Crippen LogP contribution in [0.3, 0.4) is 0 Å². The molecule has 144 valence electrons. The monoisotopic (exact) mass is 407 g/mol. The molecule has 3 rings (SSSR count). The molecule has 0 saturated carbocycles. The van der Waals surface area contributed by atoms with Crippen LogP contribution in [0.2, 0.25) is 0 Å². The molecule has 0 unspecified atom stereocenters. The normalized spacial score (nSPS) is 16.9. The summed E-state index contributed by atoms with van der Waals surface area (Å²) in [6.45, 7) is 2.12. The number of benzene rings is 1. The number of hydrogen-bond donors (Lipinski definition) is 2. The summed E-state index contributed by atoms with van der Waals surface area (Å²) in [7, 11) is -3.34. The van der Waals surface area contributed by atoms with Crippen molar-refractivity contribution in [3.8, 4) is 0 Å². The zero-order valence-electron chi connectivity index (χ0n) is 14.8. The van der Waals surface area contributed by atoms with Crippen molar-refractivity contribution >= 4 is 44.5 Å². The summed E-state index contributed by atoms with van der Waals surface area (Å²) in [5, 5.41) is 4.65. The van der Waals surface area contributed by atoms with Crippen LogP contribution in [0, 0.1) is 0 Å². The minimum absolute atomic E-state index is 0.0126. The fourth-order valence-corrected chi connectivity index (χ4v) is 4.24. The smallest absolute Gasteiger partial charge is 0.264 e. The van der Waals surface area contributed by atoms with Gasteiger partial charge in [0.2, 0.25) is 15.9 Å². The SMILES string of the molecule is CCS(=O)(=O)Nc1ccc(NC(=O)[C@@H]2CCCN2C(=O)c2cccs2)cc1. The van der Waals surface area contributed by atoms with Gasteiger partial charge >= 0.3 is 0 Å². The standard InChI is InChI=1S/C18H21N3O4S2/c1-2-27(24,25)20-14-9-7-13(8-10-14)19-17(22)15-5-3-11-21(15)18(23)16-6-4-12-26-16/h4,6-10,12,15,20H,2-3,5,11H2,1H3,(H,19,22)/t15-/m0/s1. The quantitative estimate of drug-likeness (QED) is 0.770. The average Bonchev–Trinajstić information content (AvgIpc) is 3.34. The van der Waals surface area contributed by atoms with Crippen LogP contribution in [0.5, 0.6) is 0 Å². The third-order valence-electron chi connectivity index (χ3n) is 4.35. The maximum absolute atomic E-state index is 12.6. The van der Waals surface area contributed by atoms with Crippen molar-refractivity contribution in [3.63, 3.8) is 0 Å². The molecule has 1 saturated heterocycles. The van der Waals surface area contributed by atoms with Crippen LogP contribution < -0.4 is 10.0 Å². The number of nitrogens with zero attached hydrogens (tertiary/aromatic N) is 1. The molecule has 7 nitrogen and oxygen atoms in total. The molecule has 1 aromatic heterocycles. The largest absolute Gasteiger partial charge is 0.326 e. The van der Waals surface area contributed by atoms with E-state index in [4.69, 9.17) is 0 Å². The molecule has 1 atom stereocenters. The molecule has 0 radical (unpaired) electrons. The van der Waals surface area contributed by atoms with Crippen LogP contribution in [-0.4, -0.2) is 43.5 Å². The van der Waals surface area contributed by atoms with E-state index >= 15 is 0 Å². The van der Waals surface area contributed by atoms with E-state index in [-0.39, 0.29) is 17.6 Å². The summed E-state index contributed by atoms with van der Waals surface area (Å²) in [4.78, 5) is 27.5. The van der Waals surface area contributed by atoms with E-state index in [1.807, 2.05) is 11.4 Å². The predicted octanol–water partition coefficient (Wildman–Crippen LogP) is 2.75. The molecule has 2 heterocycles. The topological polar surface area (TPSA) is 95.6 Å². The Morgan fingerprint density at radius 3 is 2.52 bits per heavy atom. The predicted molar refractivity (Wildman–Crippen MR) is 107 cm³/mol. The lowest BCUT2D eigenvalue weighted by atomic mass is 10.2. The van der Waals surface area contributed by atoms with Gasteiger partial charge in [-0.15, -0.1) is 11.3 Å². The number of rotatable bonds is 6. The lowest BCUT2D eigenvalue weighted by molar-refractivity contribution is -0.119. The first-order chi connectivity index (χ1) is 12.9. The fourth-order valence-electron chi connectivity index (χ4n) is 2.92. The first-order valence-electron chi connectivity index (χ1n) is 8.65. The van der Waals surface area contributed by atoms with Gasteiger partial charge in [-0.2, -0.15) is 0 Å². The van der Waals surface area contributed by atoms with Crippen molar-refractivity contribution in [1.82, 2.24) is 4.90 Å². The lowest BCUT2D eigenvalue weighted by Crippen LogP contribution is -2.42. The maximum Gasteiger partial charge on any atom is 0.264 e. The summed E-state index contributed by atoms with van der Waals surface area (Å²) in [5.74, 6) is -0.368. The molecular weight excluding hydrogens is 386 g/mol. The second-order valence-corrected chi connectivity index (χ2v) is 9.16. The van der Waals surface area contributed by atoms with E-state index in [0.717, 1.165) is 6.42 Å². The molecule has 1 aromatic carbocycles. The van der Waals surface area contributed by atoms with Crippen molar-refractivity contribution in [3.05, 3.63) is 46.7 Å². The molecule has 1 fully saturated rings. The molecular formula is C18H21N3O4S2. The van der Waals surface area contributed by atoms with E-state index in [1.165, 1.54) is 11.3 Å². The number of carbonyl (C=O) groups excluding carboxylic acids is 2. The Kier molecular flexibility index (Phi) is 5.81. The first-order valence-corrected chi connectivity index (χ1v) is 11.2. The Hall–Kier alpha value is -2.39. The molecule has 0 spiro atoms. The molecule has 2 amide bonds. The number of amides is 2. The third-order valence-corrected chi connectivity index (χ3v) is 6.52. The van der Waals surface area contributed by atoms with Crippen LogP contribution in [0.4, 0.5) is 11.4 Å². The zero-order valence-corrected chi connectivity index (χ0v) is 16.5. The molecule has 0 bridgehead atoms. The summed E-state index contributed by atoms with van der Waals surface area (Å²) in [6.07, 6.45) is 1.41. The van der Waals surface area contributed by atoms with Crippen LogP contribution in [0.1, 0.15) is 29.4 Å². The summed E-state index contributed by atoms with van der Waals surface area (Å²) in [5.41, 5.74) is 0.986. The highest BCUT2D eigenvalue weighted by Crippen LogP contribution is 2.24. The number of hydrogen-bond acceptors (Lipinski definition) is 5. The molecule has 9 heteroatoms. The Morgan fingerprint density at radius 2 is 1.89 bits per heavy atom. The maximum atomic E-state index is 12.6. The number of likely N-dealkylation sites (tertiary alicyclic amines) is 1. The minimum atomic E-state index is -3.34. The Bertz CT molecular complexity index is 909. The van der Waals surface area contributed by atoms with Gasteiger partial charge in [-0.3, -0.25) is 14.3 Å². The van der Waals surface area contributed by atoms with E-state index in [0.29, 0.717) is 29.2 Å². The molecule has 2 aromatic rings. The third kappa shape index (κ3) is 4.67. The summed E-state index contributed by atoms with van der Waals surface area (Å²) in [6, 6.07) is 9.52.